The Labute approximate surface area is 125 Å². The topological polar surface area (TPSA) is 35.2 Å². The van der Waals surface area contributed by atoms with Crippen LogP contribution in [0.5, 0.6) is 11.5 Å². The van der Waals surface area contributed by atoms with Crippen LogP contribution in [0.2, 0.25) is 5.02 Å². The Morgan fingerprint density at radius 1 is 1.10 bits per heavy atom. The lowest BCUT2D eigenvalue weighted by Crippen LogP contribution is -2.01. The van der Waals surface area contributed by atoms with Crippen LogP contribution in [0.4, 0.5) is 0 Å². The zero-order valence-corrected chi connectivity index (χ0v) is 12.9. The molecule has 106 valence electrons. The van der Waals surface area contributed by atoms with Gasteiger partial charge in [-0.1, -0.05) is 43.6 Å². The molecule has 0 aromatic heterocycles. The lowest BCUT2D eigenvalue weighted by Gasteiger charge is -2.16. The van der Waals surface area contributed by atoms with Crippen LogP contribution in [0, 0.1) is 6.92 Å². The summed E-state index contributed by atoms with van der Waals surface area (Å²) in [6, 6.07) is 11.8. The first kappa shape index (κ1) is 14.9. The fourth-order valence-electron chi connectivity index (χ4n) is 2.12. The van der Waals surface area contributed by atoms with Gasteiger partial charge in [0.2, 0.25) is 0 Å². The predicted molar refractivity (Wildman–Crippen MR) is 84.7 cm³/mol. The fraction of sp³-hybridized carbons (Fsp3) is 0.294. The summed E-state index contributed by atoms with van der Waals surface area (Å²) < 4.78 is 6.09. The molecule has 0 heterocycles. The molecule has 0 aliphatic carbocycles. The third-order valence-corrected chi connectivity index (χ3v) is 3.50. The van der Waals surface area contributed by atoms with E-state index in [2.05, 4.69) is 39.0 Å². The molecule has 3 heteroatoms. The van der Waals surface area contributed by atoms with Gasteiger partial charge >= 0.3 is 0 Å². The van der Waals surface area contributed by atoms with E-state index < -0.39 is 0 Å². The van der Waals surface area contributed by atoms with Crippen molar-refractivity contribution in [3.05, 3.63) is 58.1 Å². The molecule has 0 unspecified atom stereocenters. The first-order valence-corrected chi connectivity index (χ1v) is 7.16. The van der Waals surface area contributed by atoms with Crippen LogP contribution in [0.25, 0.3) is 0 Å². The van der Waals surface area contributed by atoms with Crippen LogP contribution in [0.1, 0.15) is 36.5 Å². The van der Waals surface area contributed by atoms with Gasteiger partial charge in [-0.3, -0.25) is 0 Å². The van der Waals surface area contributed by atoms with Crippen molar-refractivity contribution in [3.63, 3.8) is 0 Å². The van der Waals surface area contributed by atoms with Gasteiger partial charge in [-0.05, 0) is 42.2 Å². The molecule has 0 aliphatic heterocycles. The summed E-state index contributed by atoms with van der Waals surface area (Å²) >= 11 is 6.05. The van der Waals surface area contributed by atoms with Crippen molar-refractivity contribution in [1.29, 1.82) is 0 Å². The van der Waals surface area contributed by atoms with Crippen LogP contribution in [-0.4, -0.2) is 0 Å². The largest absolute Gasteiger partial charge is 0.457 e. The Hall–Kier alpha value is -1.51. The Balaban J connectivity index is 2.44. The molecule has 2 aromatic carbocycles. The van der Waals surface area contributed by atoms with E-state index in [9.17, 15) is 0 Å². The Morgan fingerprint density at radius 2 is 1.85 bits per heavy atom. The van der Waals surface area contributed by atoms with Crippen molar-refractivity contribution in [2.45, 2.75) is 33.2 Å². The third-order valence-electron chi connectivity index (χ3n) is 3.26. The lowest BCUT2D eigenvalue weighted by molar-refractivity contribution is 0.467. The molecule has 2 nitrogen and oxygen atoms in total. The van der Waals surface area contributed by atoms with E-state index in [1.54, 1.807) is 0 Å². The summed E-state index contributed by atoms with van der Waals surface area (Å²) in [6.45, 7) is 6.78. The molecule has 0 radical (unpaired) electrons. The molecule has 0 spiro atoms. The van der Waals surface area contributed by atoms with Crippen LogP contribution < -0.4 is 10.5 Å². The normalized spacial score (nSPS) is 10.9. The van der Waals surface area contributed by atoms with Gasteiger partial charge in [0.05, 0.1) is 0 Å². The average molecular weight is 290 g/mol. The van der Waals surface area contributed by atoms with E-state index in [1.807, 2.05) is 18.2 Å². The molecule has 0 bridgehead atoms. The van der Waals surface area contributed by atoms with Crippen molar-refractivity contribution in [3.8, 4) is 11.5 Å². The number of halogens is 1. The van der Waals surface area contributed by atoms with Crippen molar-refractivity contribution in [2.24, 2.45) is 5.73 Å². The molecular weight excluding hydrogens is 270 g/mol. The Morgan fingerprint density at radius 3 is 2.50 bits per heavy atom. The van der Waals surface area contributed by atoms with Crippen LogP contribution in [0.15, 0.2) is 36.4 Å². The smallest absolute Gasteiger partial charge is 0.133 e. The molecule has 2 rings (SSSR count). The van der Waals surface area contributed by atoms with E-state index in [0.29, 0.717) is 17.5 Å². The highest BCUT2D eigenvalue weighted by Gasteiger charge is 2.11. The van der Waals surface area contributed by atoms with Gasteiger partial charge in [0, 0.05) is 17.1 Å². The summed E-state index contributed by atoms with van der Waals surface area (Å²) in [7, 11) is 0. The molecule has 0 atom stereocenters. The highest BCUT2D eigenvalue weighted by atomic mass is 35.5. The molecule has 2 N–H and O–H groups in total. The first-order valence-electron chi connectivity index (χ1n) is 6.78. The van der Waals surface area contributed by atoms with E-state index >= 15 is 0 Å². The summed E-state index contributed by atoms with van der Waals surface area (Å²) in [4.78, 5) is 0. The van der Waals surface area contributed by atoms with Crippen molar-refractivity contribution in [1.82, 2.24) is 0 Å². The average Bonchev–Trinajstić information content (AvgIpc) is 2.38. The number of benzene rings is 2. The number of hydrogen-bond donors (Lipinski definition) is 1. The SMILES string of the molecule is Cc1ccc(C(C)C)c(Oc2cc(Cl)ccc2CN)c1. The van der Waals surface area contributed by atoms with Crippen LogP contribution in [-0.2, 0) is 6.54 Å². The Kier molecular flexibility index (Phi) is 4.69. The quantitative estimate of drug-likeness (QED) is 0.857. The van der Waals surface area contributed by atoms with E-state index in [-0.39, 0.29) is 0 Å². The highest BCUT2D eigenvalue weighted by Crippen LogP contribution is 2.34. The first-order chi connectivity index (χ1) is 9.51. The van der Waals surface area contributed by atoms with E-state index in [1.165, 1.54) is 11.1 Å². The second kappa shape index (κ2) is 6.29. The molecule has 0 fully saturated rings. The predicted octanol–water partition coefficient (Wildman–Crippen LogP) is 5.02. The van der Waals surface area contributed by atoms with Crippen LogP contribution in [0.3, 0.4) is 0 Å². The molecule has 2 aromatic rings. The fourth-order valence-corrected chi connectivity index (χ4v) is 2.28. The van der Waals surface area contributed by atoms with Crippen molar-refractivity contribution < 1.29 is 4.74 Å². The minimum atomic E-state index is 0.395. The maximum Gasteiger partial charge on any atom is 0.133 e. The van der Waals surface area contributed by atoms with Crippen molar-refractivity contribution in [2.75, 3.05) is 0 Å². The molecule has 0 amide bonds. The second-order valence-electron chi connectivity index (χ2n) is 5.25. The van der Waals surface area contributed by atoms with Crippen LogP contribution >= 0.6 is 11.6 Å². The zero-order chi connectivity index (χ0) is 14.7. The minimum Gasteiger partial charge on any atom is -0.457 e. The van der Waals surface area contributed by atoms with Gasteiger partial charge in [-0.2, -0.15) is 0 Å². The summed E-state index contributed by atoms with van der Waals surface area (Å²) in [5.74, 6) is 2.00. The van der Waals surface area contributed by atoms with Gasteiger partial charge in [0.25, 0.3) is 0 Å². The Bertz CT molecular complexity index is 608. The number of nitrogens with two attached hydrogens (primary N) is 1. The minimum absolute atomic E-state index is 0.395. The standard InChI is InChI=1S/C17H20ClNO/c1-11(2)15-7-4-12(3)8-17(15)20-16-9-14(18)6-5-13(16)10-19/h4-9,11H,10,19H2,1-3H3. The van der Waals surface area contributed by atoms with Gasteiger partial charge < -0.3 is 10.5 Å². The zero-order valence-electron chi connectivity index (χ0n) is 12.1. The maximum atomic E-state index is 6.09. The van der Waals surface area contributed by atoms with Gasteiger partial charge in [-0.25, -0.2) is 0 Å². The maximum absolute atomic E-state index is 6.09. The van der Waals surface area contributed by atoms with Crippen molar-refractivity contribution >= 4 is 11.6 Å². The number of rotatable bonds is 4. The highest BCUT2D eigenvalue weighted by molar-refractivity contribution is 6.30. The number of aryl methyl sites for hydroxylation is 1. The summed E-state index contributed by atoms with van der Waals surface area (Å²) in [6.07, 6.45) is 0. The number of hydrogen-bond acceptors (Lipinski definition) is 2. The molecule has 0 aliphatic rings. The third kappa shape index (κ3) is 3.33. The summed E-state index contributed by atoms with van der Waals surface area (Å²) in [5, 5.41) is 0.649. The second-order valence-corrected chi connectivity index (χ2v) is 5.69. The molecule has 0 saturated carbocycles. The van der Waals surface area contributed by atoms with Gasteiger partial charge in [-0.15, -0.1) is 0 Å². The molecular formula is C17H20ClNO. The molecule has 0 saturated heterocycles. The summed E-state index contributed by atoms with van der Waals surface area (Å²) in [5.41, 5.74) is 9.06. The van der Waals surface area contributed by atoms with Gasteiger partial charge in [0.1, 0.15) is 11.5 Å². The molecule has 20 heavy (non-hydrogen) atoms. The van der Waals surface area contributed by atoms with Gasteiger partial charge in [0.15, 0.2) is 0 Å². The van der Waals surface area contributed by atoms with E-state index in [4.69, 9.17) is 22.1 Å². The lowest BCUT2D eigenvalue weighted by atomic mass is 10.0. The number of ether oxygens (including phenoxy) is 1. The monoisotopic (exact) mass is 289 g/mol. The van der Waals surface area contributed by atoms with E-state index in [0.717, 1.165) is 17.1 Å².